The monoisotopic (exact) mass is 314 g/mol. The number of benzene rings is 1. The van der Waals surface area contributed by atoms with E-state index in [1.165, 1.54) is 11.0 Å². The van der Waals surface area contributed by atoms with Crippen LogP contribution < -0.4 is 0 Å². The second-order valence-corrected chi connectivity index (χ2v) is 5.06. The van der Waals surface area contributed by atoms with E-state index in [1.807, 2.05) is 6.92 Å². The van der Waals surface area contributed by atoms with Crippen molar-refractivity contribution < 1.29 is 9.72 Å². The number of para-hydroxylation sites is 1. The second kappa shape index (κ2) is 6.49. The molecule has 5 nitrogen and oxygen atoms in total. The molecular formula is C12H15BrN2O3. The Bertz CT molecular complexity index is 451. The maximum absolute atomic E-state index is 11.9. The summed E-state index contributed by atoms with van der Waals surface area (Å²) in [6.45, 7) is 2.13. The van der Waals surface area contributed by atoms with Gasteiger partial charge in [-0.15, -0.1) is 0 Å². The van der Waals surface area contributed by atoms with Crippen molar-refractivity contribution >= 4 is 27.5 Å². The highest BCUT2D eigenvalue weighted by atomic mass is 79.9. The number of nitrogens with zero attached hydrogens (tertiary/aromatic N) is 2. The van der Waals surface area contributed by atoms with E-state index in [0.29, 0.717) is 12.0 Å². The number of carbonyl (C=O) groups excluding carboxylic acids is 1. The highest BCUT2D eigenvalue weighted by Gasteiger charge is 2.20. The second-order valence-electron chi connectivity index (χ2n) is 3.96. The molecule has 0 saturated heterocycles. The quantitative estimate of drug-likeness (QED) is 0.477. The minimum Gasteiger partial charge on any atom is -0.340 e. The summed E-state index contributed by atoms with van der Waals surface area (Å²) < 4.78 is 0. The standard InChI is InChI=1S/C12H15BrN2O3/c1-3-10(13)12(16)14(2)8-9-6-4-5-7-11(9)15(17)18/h4-7,10H,3,8H2,1-2H3. The molecule has 0 spiro atoms. The van der Waals surface area contributed by atoms with Gasteiger partial charge in [-0.1, -0.05) is 41.1 Å². The van der Waals surface area contributed by atoms with Crippen LogP contribution in [0.1, 0.15) is 18.9 Å². The molecule has 1 aromatic carbocycles. The first-order valence-electron chi connectivity index (χ1n) is 5.58. The van der Waals surface area contributed by atoms with Gasteiger partial charge in [0.1, 0.15) is 0 Å². The van der Waals surface area contributed by atoms with Crippen molar-refractivity contribution in [2.75, 3.05) is 7.05 Å². The molecular weight excluding hydrogens is 300 g/mol. The molecule has 0 aromatic heterocycles. The van der Waals surface area contributed by atoms with Gasteiger partial charge in [0, 0.05) is 18.7 Å². The van der Waals surface area contributed by atoms with Gasteiger partial charge in [0.2, 0.25) is 5.91 Å². The Hall–Kier alpha value is -1.43. The largest absolute Gasteiger partial charge is 0.340 e. The van der Waals surface area contributed by atoms with Crippen molar-refractivity contribution in [3.8, 4) is 0 Å². The Labute approximate surface area is 114 Å². The molecule has 0 aliphatic rings. The fraction of sp³-hybridized carbons (Fsp3) is 0.417. The van der Waals surface area contributed by atoms with Crippen molar-refractivity contribution in [2.45, 2.75) is 24.7 Å². The molecule has 0 fully saturated rings. The number of amides is 1. The van der Waals surface area contributed by atoms with Gasteiger partial charge in [0.05, 0.1) is 16.3 Å². The summed E-state index contributed by atoms with van der Waals surface area (Å²) >= 11 is 3.28. The molecule has 18 heavy (non-hydrogen) atoms. The molecule has 0 bridgehead atoms. The lowest BCUT2D eigenvalue weighted by molar-refractivity contribution is -0.385. The van der Waals surface area contributed by atoms with Gasteiger partial charge >= 0.3 is 0 Å². The van der Waals surface area contributed by atoms with Gasteiger partial charge in [-0.3, -0.25) is 14.9 Å². The molecule has 0 heterocycles. The van der Waals surface area contributed by atoms with Crippen LogP contribution in [0, 0.1) is 10.1 Å². The molecule has 1 amide bonds. The number of hydrogen-bond acceptors (Lipinski definition) is 3. The van der Waals surface area contributed by atoms with Crippen LogP contribution >= 0.6 is 15.9 Å². The lowest BCUT2D eigenvalue weighted by Crippen LogP contribution is -2.32. The van der Waals surface area contributed by atoms with Gasteiger partial charge in [-0.2, -0.15) is 0 Å². The Morgan fingerprint density at radius 2 is 2.11 bits per heavy atom. The van der Waals surface area contributed by atoms with E-state index >= 15 is 0 Å². The zero-order valence-corrected chi connectivity index (χ0v) is 11.9. The van der Waals surface area contributed by atoms with Crippen LogP contribution in [-0.4, -0.2) is 27.6 Å². The first-order valence-corrected chi connectivity index (χ1v) is 6.50. The van der Waals surface area contributed by atoms with Crippen LogP contribution in [0.5, 0.6) is 0 Å². The number of nitro benzene ring substituents is 1. The summed E-state index contributed by atoms with van der Waals surface area (Å²) in [5.41, 5.74) is 0.578. The summed E-state index contributed by atoms with van der Waals surface area (Å²) in [5.74, 6) is -0.0735. The number of halogens is 1. The van der Waals surface area contributed by atoms with Crippen LogP contribution in [-0.2, 0) is 11.3 Å². The zero-order valence-electron chi connectivity index (χ0n) is 10.3. The van der Waals surface area contributed by atoms with Gasteiger partial charge in [0.15, 0.2) is 0 Å². The van der Waals surface area contributed by atoms with E-state index in [0.717, 1.165) is 0 Å². The summed E-state index contributed by atoms with van der Waals surface area (Å²) in [7, 11) is 1.64. The van der Waals surface area contributed by atoms with Crippen LogP contribution in [0.15, 0.2) is 24.3 Å². The van der Waals surface area contributed by atoms with E-state index < -0.39 is 4.92 Å². The smallest absolute Gasteiger partial charge is 0.274 e. The molecule has 0 N–H and O–H groups in total. The summed E-state index contributed by atoms with van der Waals surface area (Å²) in [5, 5.41) is 10.9. The minimum absolute atomic E-state index is 0.0415. The Kier molecular flexibility index (Phi) is 5.27. The summed E-state index contributed by atoms with van der Waals surface area (Å²) in [4.78, 5) is 23.5. The Morgan fingerprint density at radius 3 is 2.67 bits per heavy atom. The number of hydrogen-bond donors (Lipinski definition) is 0. The lowest BCUT2D eigenvalue weighted by Gasteiger charge is -2.19. The Balaban J connectivity index is 2.85. The van der Waals surface area contributed by atoms with Gasteiger partial charge in [0.25, 0.3) is 5.69 Å². The van der Waals surface area contributed by atoms with E-state index in [1.54, 1.807) is 25.2 Å². The van der Waals surface area contributed by atoms with E-state index in [4.69, 9.17) is 0 Å². The van der Waals surface area contributed by atoms with Crippen molar-refractivity contribution in [3.63, 3.8) is 0 Å². The average Bonchev–Trinajstić information content (AvgIpc) is 2.37. The number of nitro groups is 1. The van der Waals surface area contributed by atoms with Crippen molar-refractivity contribution in [1.29, 1.82) is 0 Å². The first-order chi connectivity index (χ1) is 8.47. The topological polar surface area (TPSA) is 63.5 Å². The normalized spacial score (nSPS) is 11.9. The van der Waals surface area contributed by atoms with Crippen LogP contribution in [0.3, 0.4) is 0 Å². The zero-order chi connectivity index (χ0) is 13.7. The molecule has 0 saturated carbocycles. The van der Waals surface area contributed by atoms with Crippen molar-refractivity contribution in [3.05, 3.63) is 39.9 Å². The van der Waals surface area contributed by atoms with E-state index in [2.05, 4.69) is 15.9 Å². The molecule has 1 rings (SSSR count). The minimum atomic E-state index is -0.431. The van der Waals surface area contributed by atoms with Crippen molar-refractivity contribution in [2.24, 2.45) is 0 Å². The van der Waals surface area contributed by atoms with Gasteiger partial charge in [-0.25, -0.2) is 0 Å². The predicted molar refractivity (Wildman–Crippen MR) is 72.6 cm³/mol. The third kappa shape index (κ3) is 3.53. The van der Waals surface area contributed by atoms with E-state index in [-0.39, 0.29) is 23.0 Å². The third-order valence-corrected chi connectivity index (χ3v) is 3.64. The number of alkyl halides is 1. The molecule has 1 unspecified atom stereocenters. The van der Waals surface area contributed by atoms with Crippen molar-refractivity contribution in [1.82, 2.24) is 4.90 Å². The third-order valence-electron chi connectivity index (χ3n) is 2.60. The molecule has 0 radical (unpaired) electrons. The maximum Gasteiger partial charge on any atom is 0.274 e. The van der Waals surface area contributed by atoms with Gasteiger partial charge in [-0.05, 0) is 6.42 Å². The first kappa shape index (κ1) is 14.6. The lowest BCUT2D eigenvalue weighted by atomic mass is 10.1. The fourth-order valence-corrected chi connectivity index (χ4v) is 1.92. The average molecular weight is 315 g/mol. The number of carbonyl (C=O) groups is 1. The highest BCUT2D eigenvalue weighted by molar-refractivity contribution is 9.10. The van der Waals surface area contributed by atoms with Gasteiger partial charge < -0.3 is 4.90 Å². The van der Waals surface area contributed by atoms with Crippen LogP contribution in [0.4, 0.5) is 5.69 Å². The highest BCUT2D eigenvalue weighted by Crippen LogP contribution is 2.20. The molecule has 98 valence electrons. The number of rotatable bonds is 5. The van der Waals surface area contributed by atoms with Crippen LogP contribution in [0.25, 0.3) is 0 Å². The maximum atomic E-state index is 11.9. The molecule has 0 aliphatic carbocycles. The molecule has 0 aliphatic heterocycles. The summed E-state index contributed by atoms with van der Waals surface area (Å²) in [6, 6.07) is 6.45. The predicted octanol–water partition coefficient (Wildman–Crippen LogP) is 2.73. The molecule has 1 atom stereocenters. The van der Waals surface area contributed by atoms with Crippen LogP contribution in [0.2, 0.25) is 0 Å². The molecule has 1 aromatic rings. The van der Waals surface area contributed by atoms with E-state index in [9.17, 15) is 14.9 Å². The SMILES string of the molecule is CCC(Br)C(=O)N(C)Cc1ccccc1[N+](=O)[O-]. The molecule has 6 heteroatoms. The summed E-state index contributed by atoms with van der Waals surface area (Å²) in [6.07, 6.45) is 0.681. The Morgan fingerprint density at radius 1 is 1.50 bits per heavy atom. The fourth-order valence-electron chi connectivity index (χ4n) is 1.57.